The zero-order valence-electron chi connectivity index (χ0n) is 29.2. The molecule has 0 saturated carbocycles. The summed E-state index contributed by atoms with van der Waals surface area (Å²) in [6.45, 7) is 0. The molecule has 8 nitrogen and oxygen atoms in total. The Balaban J connectivity index is 0.966. The maximum atomic E-state index is 6.44. The molecule has 0 amide bonds. The predicted molar refractivity (Wildman–Crippen MR) is 216 cm³/mol. The van der Waals surface area contributed by atoms with E-state index in [1.165, 1.54) is 0 Å². The highest BCUT2D eigenvalue weighted by atomic mass is 16.4. The Morgan fingerprint density at radius 2 is 0.945 bits per heavy atom. The second kappa shape index (κ2) is 12.5. The molecule has 0 aliphatic carbocycles. The molecular weight excluding hydrogens is 681 g/mol. The average molecular weight is 709 g/mol. The number of hydrogen-bond donors (Lipinski definition) is 0. The third-order valence-electron chi connectivity index (χ3n) is 9.94. The average Bonchev–Trinajstić information content (AvgIpc) is 3.97. The Hall–Kier alpha value is -7.71. The van der Waals surface area contributed by atoms with Crippen molar-refractivity contribution < 1.29 is 8.83 Å². The van der Waals surface area contributed by atoms with E-state index in [4.69, 9.17) is 33.8 Å². The lowest BCUT2D eigenvalue weighted by Crippen LogP contribution is -2.00. The van der Waals surface area contributed by atoms with Crippen molar-refractivity contribution in [3.05, 3.63) is 170 Å². The van der Waals surface area contributed by atoms with Crippen molar-refractivity contribution in [1.29, 1.82) is 0 Å². The van der Waals surface area contributed by atoms with E-state index in [1.807, 2.05) is 121 Å². The van der Waals surface area contributed by atoms with Crippen LogP contribution in [0.4, 0.5) is 0 Å². The van der Waals surface area contributed by atoms with Gasteiger partial charge in [-0.25, -0.2) is 19.9 Å². The summed E-state index contributed by atoms with van der Waals surface area (Å²) < 4.78 is 14.8. The maximum absolute atomic E-state index is 6.44. The van der Waals surface area contributed by atoms with Gasteiger partial charge in [0.05, 0.1) is 11.0 Å². The van der Waals surface area contributed by atoms with Crippen molar-refractivity contribution in [3.63, 3.8) is 0 Å². The van der Waals surface area contributed by atoms with Gasteiger partial charge in [-0.2, -0.15) is 4.98 Å². The normalized spacial score (nSPS) is 11.6. The minimum atomic E-state index is 0.535. The van der Waals surface area contributed by atoms with E-state index in [0.717, 1.165) is 71.8 Å². The zero-order valence-corrected chi connectivity index (χ0v) is 29.2. The Morgan fingerprint density at radius 3 is 1.73 bits per heavy atom. The van der Waals surface area contributed by atoms with Gasteiger partial charge >= 0.3 is 6.01 Å². The highest BCUT2D eigenvalue weighted by molar-refractivity contribution is 6.10. The Morgan fingerprint density at radius 1 is 0.345 bits per heavy atom. The van der Waals surface area contributed by atoms with Crippen LogP contribution in [0.1, 0.15) is 0 Å². The summed E-state index contributed by atoms with van der Waals surface area (Å²) in [5.41, 5.74) is 10.7. The first-order valence-electron chi connectivity index (χ1n) is 18.0. The number of para-hydroxylation sites is 3. The number of hydrogen-bond acceptors (Lipinski definition) is 7. The zero-order chi connectivity index (χ0) is 36.3. The van der Waals surface area contributed by atoms with Crippen LogP contribution in [0.5, 0.6) is 0 Å². The van der Waals surface area contributed by atoms with Gasteiger partial charge in [-0.1, -0.05) is 109 Å². The van der Waals surface area contributed by atoms with Crippen LogP contribution < -0.4 is 0 Å². The molecule has 0 aliphatic heterocycles. The molecule has 0 aliphatic rings. The molecule has 0 atom stereocenters. The van der Waals surface area contributed by atoms with Gasteiger partial charge in [0.2, 0.25) is 5.89 Å². The lowest BCUT2D eigenvalue weighted by Gasteiger charge is -2.08. The monoisotopic (exact) mass is 708 g/mol. The SMILES string of the molecule is c1ccc(-c2nc(-c3ccccc3)nc(-c3ccc4nc(-c5cccc(-c6ccc7c(c6)c6ccccc6n7-c6nc7ccccc7o6)c5)oc4c3)n2)cc1. The topological polar surface area (TPSA) is 95.7 Å². The molecule has 0 saturated heterocycles. The van der Waals surface area contributed by atoms with Crippen LogP contribution >= 0.6 is 0 Å². The molecule has 8 heteroatoms. The lowest BCUT2D eigenvalue weighted by atomic mass is 10.0. The molecule has 7 aromatic carbocycles. The van der Waals surface area contributed by atoms with Gasteiger partial charge in [-0.15, -0.1) is 0 Å². The first kappa shape index (κ1) is 30.9. The molecule has 4 heterocycles. The van der Waals surface area contributed by atoms with Gasteiger partial charge in [0.25, 0.3) is 0 Å². The third-order valence-corrected chi connectivity index (χ3v) is 9.94. The van der Waals surface area contributed by atoms with Crippen molar-refractivity contribution in [1.82, 2.24) is 29.5 Å². The van der Waals surface area contributed by atoms with Gasteiger partial charge < -0.3 is 8.83 Å². The molecule has 4 aromatic heterocycles. The van der Waals surface area contributed by atoms with Gasteiger partial charge in [-0.05, 0) is 71.8 Å². The second-order valence-corrected chi connectivity index (χ2v) is 13.4. The van der Waals surface area contributed by atoms with Gasteiger partial charge in [-0.3, -0.25) is 4.57 Å². The van der Waals surface area contributed by atoms with Crippen LogP contribution in [0, 0.1) is 0 Å². The van der Waals surface area contributed by atoms with Crippen molar-refractivity contribution >= 4 is 44.0 Å². The molecule has 55 heavy (non-hydrogen) atoms. The van der Waals surface area contributed by atoms with E-state index >= 15 is 0 Å². The quantitative estimate of drug-likeness (QED) is 0.170. The van der Waals surface area contributed by atoms with Crippen molar-refractivity contribution in [2.45, 2.75) is 0 Å². The lowest BCUT2D eigenvalue weighted by molar-refractivity contribution is 0.574. The summed E-state index contributed by atoms with van der Waals surface area (Å²) in [5, 5.41) is 2.23. The summed E-state index contributed by atoms with van der Waals surface area (Å²) in [5.74, 6) is 2.30. The fourth-order valence-corrected chi connectivity index (χ4v) is 7.27. The fraction of sp³-hybridized carbons (Fsp3) is 0. The largest absolute Gasteiger partial charge is 0.436 e. The minimum absolute atomic E-state index is 0.535. The number of rotatable bonds is 6. The van der Waals surface area contributed by atoms with E-state index in [2.05, 4.69) is 53.1 Å². The van der Waals surface area contributed by atoms with Crippen molar-refractivity contribution in [3.8, 4) is 62.8 Å². The highest BCUT2D eigenvalue weighted by Crippen LogP contribution is 2.37. The van der Waals surface area contributed by atoms with Crippen LogP contribution in [0.25, 0.3) is 107 Å². The molecule has 0 fully saturated rings. The highest BCUT2D eigenvalue weighted by Gasteiger charge is 2.19. The third kappa shape index (κ3) is 5.35. The molecular formula is C47H28N6O2. The molecule has 258 valence electrons. The van der Waals surface area contributed by atoms with Gasteiger partial charge in [0.1, 0.15) is 11.0 Å². The molecule has 11 rings (SSSR count). The van der Waals surface area contributed by atoms with Crippen LogP contribution in [-0.2, 0) is 0 Å². The van der Waals surface area contributed by atoms with Crippen LogP contribution in [0.3, 0.4) is 0 Å². The Bertz CT molecular complexity index is 3130. The molecule has 0 N–H and O–H groups in total. The fourth-order valence-electron chi connectivity index (χ4n) is 7.27. The smallest absolute Gasteiger partial charge is 0.307 e. The van der Waals surface area contributed by atoms with Crippen LogP contribution in [0.2, 0.25) is 0 Å². The molecule has 0 radical (unpaired) electrons. The number of oxazole rings is 2. The predicted octanol–water partition coefficient (Wildman–Crippen LogP) is 11.6. The second-order valence-electron chi connectivity index (χ2n) is 13.4. The minimum Gasteiger partial charge on any atom is -0.436 e. The first-order chi connectivity index (χ1) is 27.2. The summed E-state index contributed by atoms with van der Waals surface area (Å²) in [7, 11) is 0. The van der Waals surface area contributed by atoms with E-state index in [0.29, 0.717) is 35.0 Å². The Kier molecular flexibility index (Phi) is 6.99. The maximum Gasteiger partial charge on any atom is 0.307 e. The van der Waals surface area contributed by atoms with E-state index in [9.17, 15) is 0 Å². The Labute approximate surface area is 314 Å². The number of fused-ring (bicyclic) bond motifs is 5. The van der Waals surface area contributed by atoms with Gasteiger partial charge in [0.15, 0.2) is 28.6 Å². The molecule has 11 aromatic rings. The molecule has 0 bridgehead atoms. The van der Waals surface area contributed by atoms with Crippen molar-refractivity contribution in [2.24, 2.45) is 0 Å². The first-order valence-corrected chi connectivity index (χ1v) is 18.0. The van der Waals surface area contributed by atoms with E-state index < -0.39 is 0 Å². The number of benzene rings is 7. The van der Waals surface area contributed by atoms with Crippen LogP contribution in [-0.4, -0.2) is 29.5 Å². The summed E-state index contributed by atoms with van der Waals surface area (Å²) in [6, 6.07) is 57.4. The molecule has 0 unspecified atom stereocenters. The van der Waals surface area contributed by atoms with Crippen molar-refractivity contribution in [2.75, 3.05) is 0 Å². The van der Waals surface area contributed by atoms with E-state index in [1.54, 1.807) is 0 Å². The van der Waals surface area contributed by atoms with E-state index in [-0.39, 0.29) is 0 Å². The van der Waals surface area contributed by atoms with Gasteiger partial charge in [0, 0.05) is 33.0 Å². The van der Waals surface area contributed by atoms with Crippen LogP contribution in [0.15, 0.2) is 179 Å². The number of aromatic nitrogens is 6. The number of nitrogens with zero attached hydrogens (tertiary/aromatic N) is 6. The standard InChI is InChI=1S/C47H28N6O2/c1-3-12-29(13-4-1)43-50-44(30-14-5-2-6-15-30)52-45(51-43)33-22-24-38-42(28-33)54-46(48-38)34-17-11-16-31(26-34)32-23-25-40-36(27-32)35-18-7-9-20-39(35)53(40)47-49-37-19-8-10-21-41(37)55-47/h1-28H. The summed E-state index contributed by atoms with van der Waals surface area (Å²) in [6.07, 6.45) is 0. The summed E-state index contributed by atoms with van der Waals surface area (Å²) >= 11 is 0. The molecule has 0 spiro atoms. The summed E-state index contributed by atoms with van der Waals surface area (Å²) in [4.78, 5) is 24.3.